The molecular formula is C29H39BrO3Si. The van der Waals surface area contributed by atoms with E-state index in [9.17, 15) is 0 Å². The third kappa shape index (κ3) is 5.44. The van der Waals surface area contributed by atoms with Crippen LogP contribution >= 0.6 is 15.9 Å². The maximum atomic E-state index is 7.51. The molecule has 5 heteroatoms. The van der Waals surface area contributed by atoms with Crippen molar-refractivity contribution >= 4 is 34.6 Å². The molecule has 2 aromatic carbocycles. The molecule has 1 saturated heterocycles. The SMILES string of the molecule is CC(C)(C)[Si](O[C@@H](C/C=C/CBr)[C@H]1COC2(CCCCC2)O1)(c1ccccc1)c1ccccc1. The number of hydrogen-bond donors (Lipinski definition) is 0. The first-order chi connectivity index (χ1) is 16.4. The Morgan fingerprint density at radius 1 is 0.971 bits per heavy atom. The molecule has 1 aliphatic carbocycles. The fourth-order valence-corrected chi connectivity index (χ4v) is 10.6. The largest absolute Gasteiger partial charge is 0.401 e. The monoisotopic (exact) mass is 542 g/mol. The van der Waals surface area contributed by atoms with E-state index in [0.717, 1.165) is 24.6 Å². The maximum Gasteiger partial charge on any atom is 0.261 e. The summed E-state index contributed by atoms with van der Waals surface area (Å²) in [6.07, 6.45) is 10.7. The summed E-state index contributed by atoms with van der Waals surface area (Å²) in [5, 5.41) is 3.36. The summed E-state index contributed by atoms with van der Waals surface area (Å²) < 4.78 is 20.6. The van der Waals surface area contributed by atoms with Gasteiger partial charge in [-0.15, -0.1) is 0 Å². The van der Waals surface area contributed by atoms with Gasteiger partial charge in [0.25, 0.3) is 8.32 Å². The molecule has 0 radical (unpaired) electrons. The Kier molecular flexibility index (Phi) is 8.52. The van der Waals surface area contributed by atoms with Gasteiger partial charge in [-0.05, 0) is 34.7 Å². The van der Waals surface area contributed by atoms with Gasteiger partial charge in [0.2, 0.25) is 0 Å². The molecule has 2 aliphatic rings. The number of hydrogen-bond acceptors (Lipinski definition) is 3. The van der Waals surface area contributed by atoms with Crippen LogP contribution in [0.25, 0.3) is 0 Å². The number of alkyl halides is 1. The Bertz CT molecular complexity index is 880. The van der Waals surface area contributed by atoms with Crippen LogP contribution in [0.1, 0.15) is 59.3 Å². The molecule has 184 valence electrons. The molecule has 2 atom stereocenters. The summed E-state index contributed by atoms with van der Waals surface area (Å²) in [7, 11) is -2.68. The predicted molar refractivity (Wildman–Crippen MR) is 147 cm³/mol. The van der Waals surface area contributed by atoms with E-state index in [1.54, 1.807) is 0 Å². The van der Waals surface area contributed by atoms with Crippen molar-refractivity contribution in [1.82, 2.24) is 0 Å². The van der Waals surface area contributed by atoms with Gasteiger partial charge in [0.05, 0.1) is 12.7 Å². The smallest absolute Gasteiger partial charge is 0.261 e. The van der Waals surface area contributed by atoms with Gasteiger partial charge in [-0.3, -0.25) is 0 Å². The van der Waals surface area contributed by atoms with Gasteiger partial charge in [0.1, 0.15) is 6.10 Å². The van der Waals surface area contributed by atoms with Crippen LogP contribution < -0.4 is 10.4 Å². The molecule has 34 heavy (non-hydrogen) atoms. The van der Waals surface area contributed by atoms with E-state index >= 15 is 0 Å². The molecule has 0 bridgehead atoms. The molecule has 3 nitrogen and oxygen atoms in total. The zero-order valence-corrected chi connectivity index (χ0v) is 23.4. The highest BCUT2D eigenvalue weighted by atomic mass is 79.9. The van der Waals surface area contributed by atoms with Crippen molar-refractivity contribution in [2.24, 2.45) is 0 Å². The Balaban J connectivity index is 1.75. The highest BCUT2D eigenvalue weighted by Crippen LogP contribution is 2.42. The molecule has 2 aromatic rings. The third-order valence-electron chi connectivity index (χ3n) is 7.28. The summed E-state index contributed by atoms with van der Waals surface area (Å²) >= 11 is 3.53. The van der Waals surface area contributed by atoms with Crippen LogP contribution in [-0.4, -0.2) is 38.2 Å². The highest BCUT2D eigenvalue weighted by Gasteiger charge is 2.54. The van der Waals surface area contributed by atoms with Crippen LogP contribution in [0, 0.1) is 0 Å². The van der Waals surface area contributed by atoms with Crippen LogP contribution in [0.3, 0.4) is 0 Å². The first-order valence-electron chi connectivity index (χ1n) is 12.7. The molecule has 4 rings (SSSR count). The van der Waals surface area contributed by atoms with Gasteiger partial charge in [-0.2, -0.15) is 0 Å². The minimum absolute atomic E-state index is 0.0697. The van der Waals surface area contributed by atoms with Gasteiger partial charge in [0.15, 0.2) is 5.79 Å². The van der Waals surface area contributed by atoms with E-state index in [4.69, 9.17) is 13.9 Å². The molecule has 0 N–H and O–H groups in total. The lowest BCUT2D eigenvalue weighted by atomic mass is 9.94. The second kappa shape index (κ2) is 11.2. The van der Waals surface area contributed by atoms with E-state index in [0.29, 0.717) is 6.61 Å². The van der Waals surface area contributed by atoms with E-state index in [2.05, 4.69) is 110 Å². The van der Waals surface area contributed by atoms with Gasteiger partial charge >= 0.3 is 0 Å². The van der Waals surface area contributed by atoms with Crippen LogP contribution in [0.4, 0.5) is 0 Å². The van der Waals surface area contributed by atoms with Crippen LogP contribution in [0.15, 0.2) is 72.8 Å². The summed E-state index contributed by atoms with van der Waals surface area (Å²) in [6, 6.07) is 21.8. The van der Waals surface area contributed by atoms with E-state index < -0.39 is 14.1 Å². The van der Waals surface area contributed by atoms with Crippen molar-refractivity contribution in [2.75, 3.05) is 11.9 Å². The Labute approximate surface area is 215 Å². The average Bonchev–Trinajstić information content (AvgIpc) is 3.25. The summed E-state index contributed by atoms with van der Waals surface area (Å²) in [5.41, 5.74) is 0. The minimum atomic E-state index is -2.68. The maximum absolute atomic E-state index is 7.51. The minimum Gasteiger partial charge on any atom is -0.401 e. The quantitative estimate of drug-likeness (QED) is 0.221. The van der Waals surface area contributed by atoms with Crippen molar-refractivity contribution in [3.63, 3.8) is 0 Å². The fraction of sp³-hybridized carbons (Fsp3) is 0.517. The molecular weight excluding hydrogens is 504 g/mol. The fourth-order valence-electron chi connectivity index (χ4n) is 5.60. The van der Waals surface area contributed by atoms with Crippen molar-refractivity contribution in [2.45, 2.75) is 82.3 Å². The standard InChI is InChI=1S/C29H39BrO3Si/c1-28(2,3)34(24-15-7-4-8-16-24,25-17-9-5-10-18-25)33-26(19-11-14-22-30)27-23-31-29(32-27)20-12-6-13-21-29/h4-5,7-11,14-18,26-27H,6,12-13,19-23H2,1-3H3/b14-11+/t26-,27+/m0/s1. The molecule has 0 aromatic heterocycles. The highest BCUT2D eigenvalue weighted by molar-refractivity contribution is 9.09. The van der Waals surface area contributed by atoms with Gasteiger partial charge in [0, 0.05) is 18.2 Å². The Hall–Kier alpha value is -1.24. The number of benzene rings is 2. The Morgan fingerprint density at radius 3 is 2.09 bits per heavy atom. The van der Waals surface area contributed by atoms with E-state index in [1.807, 2.05) is 0 Å². The molecule has 2 fully saturated rings. The average molecular weight is 544 g/mol. The van der Waals surface area contributed by atoms with Crippen LogP contribution in [0.2, 0.25) is 5.04 Å². The summed E-state index contributed by atoms with van der Waals surface area (Å²) in [4.78, 5) is 0. The second-order valence-corrected chi connectivity index (χ2v) is 15.5. The van der Waals surface area contributed by atoms with Gasteiger partial charge < -0.3 is 13.9 Å². The molecule has 1 aliphatic heterocycles. The molecule has 1 spiro atoms. The lowest BCUT2D eigenvalue weighted by Crippen LogP contribution is -2.68. The zero-order valence-electron chi connectivity index (χ0n) is 20.8. The number of allylic oxidation sites excluding steroid dienone is 1. The topological polar surface area (TPSA) is 27.7 Å². The van der Waals surface area contributed by atoms with E-state index in [1.165, 1.54) is 29.6 Å². The lowest BCUT2D eigenvalue weighted by molar-refractivity contribution is -0.194. The lowest BCUT2D eigenvalue weighted by Gasteiger charge is -2.46. The van der Waals surface area contributed by atoms with Crippen molar-refractivity contribution in [3.05, 3.63) is 72.8 Å². The zero-order chi connectivity index (χ0) is 24.1. The van der Waals surface area contributed by atoms with Crippen LogP contribution in [-0.2, 0) is 13.9 Å². The predicted octanol–water partition coefficient (Wildman–Crippen LogP) is 6.35. The third-order valence-corrected chi connectivity index (χ3v) is 12.7. The molecule has 1 heterocycles. The van der Waals surface area contributed by atoms with Crippen LogP contribution in [0.5, 0.6) is 0 Å². The van der Waals surface area contributed by atoms with Crippen molar-refractivity contribution in [1.29, 1.82) is 0 Å². The van der Waals surface area contributed by atoms with Gasteiger partial charge in [-0.1, -0.05) is 116 Å². The van der Waals surface area contributed by atoms with Crippen molar-refractivity contribution < 1.29 is 13.9 Å². The number of halogens is 1. The first kappa shape index (κ1) is 25.8. The summed E-state index contributed by atoms with van der Waals surface area (Å²) in [5.74, 6) is -0.408. The summed E-state index contributed by atoms with van der Waals surface area (Å²) in [6.45, 7) is 7.60. The van der Waals surface area contributed by atoms with Gasteiger partial charge in [-0.25, -0.2) is 0 Å². The molecule has 0 unspecified atom stereocenters. The second-order valence-electron chi connectivity index (χ2n) is 10.6. The molecule has 1 saturated carbocycles. The number of rotatable bonds is 8. The Morgan fingerprint density at radius 2 is 1.56 bits per heavy atom. The normalized spacial score (nSPS) is 21.8. The first-order valence-corrected chi connectivity index (χ1v) is 15.7. The number of ether oxygens (including phenoxy) is 2. The van der Waals surface area contributed by atoms with Crippen molar-refractivity contribution in [3.8, 4) is 0 Å². The van der Waals surface area contributed by atoms with E-state index in [-0.39, 0.29) is 17.2 Å². The molecule has 0 amide bonds.